The van der Waals surface area contributed by atoms with Crippen LogP contribution >= 0.6 is 0 Å². The molecule has 0 unspecified atom stereocenters. The van der Waals surface area contributed by atoms with Crippen LogP contribution < -0.4 is 0 Å². The molecule has 0 saturated carbocycles. The number of aromatic nitrogens is 1. The Morgan fingerprint density at radius 2 is 1.92 bits per heavy atom. The number of pyridine rings is 1. The minimum atomic E-state index is 0.398. The molecule has 26 heavy (non-hydrogen) atoms. The smallest absolute Gasteiger partial charge is 0.0705 e. The van der Waals surface area contributed by atoms with Crippen LogP contribution in [0.1, 0.15) is 38.3 Å². The highest BCUT2D eigenvalue weighted by Crippen LogP contribution is 2.40. The molecular formula is C22H31N3O. The summed E-state index contributed by atoms with van der Waals surface area (Å²) in [4.78, 5) is 10.1. The molecule has 140 valence electrons. The molecule has 2 aliphatic heterocycles. The Balaban J connectivity index is 1.36. The first-order valence-electron chi connectivity index (χ1n) is 10.1. The first kappa shape index (κ1) is 17.9. The molecule has 2 fully saturated rings. The maximum atomic E-state index is 5.70. The second kappa shape index (κ2) is 7.63. The minimum absolute atomic E-state index is 0.398. The van der Waals surface area contributed by atoms with Crippen molar-refractivity contribution < 1.29 is 4.74 Å². The minimum Gasteiger partial charge on any atom is -0.380 e. The lowest BCUT2D eigenvalue weighted by atomic mass is 9.85. The molecule has 4 rings (SSSR count). The van der Waals surface area contributed by atoms with Gasteiger partial charge in [0.25, 0.3) is 0 Å². The van der Waals surface area contributed by atoms with E-state index in [9.17, 15) is 0 Å². The molecule has 0 aliphatic carbocycles. The van der Waals surface area contributed by atoms with Gasteiger partial charge in [-0.1, -0.05) is 24.3 Å². The van der Waals surface area contributed by atoms with Crippen LogP contribution in [-0.4, -0.2) is 59.7 Å². The second-order valence-corrected chi connectivity index (χ2v) is 7.96. The fraction of sp³-hybridized carbons (Fsp3) is 0.591. The Morgan fingerprint density at radius 3 is 2.73 bits per heavy atom. The highest BCUT2D eigenvalue weighted by atomic mass is 16.5. The van der Waals surface area contributed by atoms with E-state index in [-0.39, 0.29) is 0 Å². The van der Waals surface area contributed by atoms with E-state index in [1.54, 1.807) is 0 Å². The van der Waals surface area contributed by atoms with Gasteiger partial charge in [0.1, 0.15) is 0 Å². The number of likely N-dealkylation sites (tertiary alicyclic amines) is 2. The molecule has 3 heterocycles. The van der Waals surface area contributed by atoms with Gasteiger partial charge in [0, 0.05) is 43.2 Å². The molecule has 0 N–H and O–H groups in total. The monoisotopic (exact) mass is 353 g/mol. The maximum absolute atomic E-state index is 5.70. The molecule has 1 aromatic carbocycles. The lowest BCUT2D eigenvalue weighted by Gasteiger charge is -2.45. The third kappa shape index (κ3) is 3.51. The van der Waals surface area contributed by atoms with Crippen LogP contribution in [0.2, 0.25) is 0 Å². The molecule has 0 radical (unpaired) electrons. The number of piperidine rings is 1. The highest BCUT2D eigenvalue weighted by molar-refractivity contribution is 5.78. The summed E-state index contributed by atoms with van der Waals surface area (Å²) in [6.45, 7) is 7.10. The molecule has 0 amide bonds. The first-order chi connectivity index (χ1) is 12.7. The van der Waals surface area contributed by atoms with E-state index in [1.807, 2.05) is 0 Å². The van der Waals surface area contributed by atoms with Gasteiger partial charge in [-0.05, 0) is 51.8 Å². The van der Waals surface area contributed by atoms with Crippen LogP contribution in [0.25, 0.3) is 10.9 Å². The van der Waals surface area contributed by atoms with Gasteiger partial charge in [-0.2, -0.15) is 0 Å². The lowest BCUT2D eigenvalue weighted by Crippen LogP contribution is -2.52. The van der Waals surface area contributed by atoms with Gasteiger partial charge in [0.15, 0.2) is 0 Å². The zero-order chi connectivity index (χ0) is 18.0. The molecular weight excluding hydrogens is 322 g/mol. The van der Waals surface area contributed by atoms with Crippen LogP contribution in [0.15, 0.2) is 36.4 Å². The van der Waals surface area contributed by atoms with E-state index >= 15 is 0 Å². The van der Waals surface area contributed by atoms with Crippen molar-refractivity contribution >= 4 is 10.9 Å². The van der Waals surface area contributed by atoms with Gasteiger partial charge in [0.2, 0.25) is 0 Å². The molecule has 4 heteroatoms. The number of hydrogen-bond donors (Lipinski definition) is 0. The van der Waals surface area contributed by atoms with E-state index in [4.69, 9.17) is 9.72 Å². The van der Waals surface area contributed by atoms with Crippen molar-refractivity contribution in [3.05, 3.63) is 42.1 Å². The molecule has 2 saturated heterocycles. The Labute approximate surface area is 157 Å². The van der Waals surface area contributed by atoms with Gasteiger partial charge in [-0.3, -0.25) is 14.8 Å². The van der Waals surface area contributed by atoms with Crippen molar-refractivity contribution in [2.75, 3.05) is 33.4 Å². The predicted molar refractivity (Wildman–Crippen MR) is 106 cm³/mol. The van der Waals surface area contributed by atoms with Gasteiger partial charge in [-0.25, -0.2) is 0 Å². The van der Waals surface area contributed by atoms with E-state index < -0.39 is 0 Å². The van der Waals surface area contributed by atoms with Crippen molar-refractivity contribution in [3.63, 3.8) is 0 Å². The zero-order valence-corrected chi connectivity index (χ0v) is 16.2. The van der Waals surface area contributed by atoms with Crippen molar-refractivity contribution in [1.29, 1.82) is 0 Å². The van der Waals surface area contributed by atoms with Gasteiger partial charge >= 0.3 is 0 Å². The van der Waals surface area contributed by atoms with Gasteiger partial charge in [-0.15, -0.1) is 0 Å². The number of nitrogens with zero attached hydrogens (tertiary/aromatic N) is 3. The van der Waals surface area contributed by atoms with E-state index in [0.29, 0.717) is 11.6 Å². The quantitative estimate of drug-likeness (QED) is 0.819. The van der Waals surface area contributed by atoms with Crippen LogP contribution in [0.5, 0.6) is 0 Å². The molecule has 0 bridgehead atoms. The molecule has 1 aromatic heterocycles. The summed E-state index contributed by atoms with van der Waals surface area (Å²) in [7, 11) is 2.32. The Morgan fingerprint density at radius 1 is 1.12 bits per heavy atom. The molecule has 1 atom stereocenters. The third-order valence-corrected chi connectivity index (χ3v) is 6.58. The van der Waals surface area contributed by atoms with E-state index in [1.165, 1.54) is 49.9 Å². The summed E-state index contributed by atoms with van der Waals surface area (Å²) in [5.41, 5.74) is 2.69. The lowest BCUT2D eigenvalue weighted by molar-refractivity contribution is 0.0203. The Kier molecular flexibility index (Phi) is 5.25. The largest absolute Gasteiger partial charge is 0.380 e. The van der Waals surface area contributed by atoms with Crippen LogP contribution in [0.3, 0.4) is 0 Å². The third-order valence-electron chi connectivity index (χ3n) is 6.58. The summed E-state index contributed by atoms with van der Waals surface area (Å²) in [5, 5.41) is 1.22. The predicted octanol–water partition coefficient (Wildman–Crippen LogP) is 3.70. The number of ether oxygens (including phenoxy) is 1. The zero-order valence-electron chi connectivity index (χ0n) is 16.2. The first-order valence-corrected chi connectivity index (χ1v) is 10.1. The number of para-hydroxylation sites is 1. The maximum Gasteiger partial charge on any atom is 0.0705 e. The topological polar surface area (TPSA) is 28.6 Å². The molecule has 2 aromatic rings. The van der Waals surface area contributed by atoms with Crippen molar-refractivity contribution in [2.45, 2.75) is 50.7 Å². The van der Waals surface area contributed by atoms with Gasteiger partial charge in [0.05, 0.1) is 17.8 Å². The Hall–Kier alpha value is -1.49. The van der Waals surface area contributed by atoms with E-state index in [0.717, 1.165) is 25.3 Å². The fourth-order valence-corrected chi connectivity index (χ4v) is 4.80. The summed E-state index contributed by atoms with van der Waals surface area (Å²) >= 11 is 0. The normalized spacial score (nSPS) is 23.8. The number of benzene rings is 1. The number of fused-ring (bicyclic) bond motifs is 1. The SMILES string of the molecule is CCOC[C@H]1CCC2(CCN(Cc3ccc4ccccc4n3)CC2)N1C. The van der Waals surface area contributed by atoms with Crippen molar-refractivity contribution in [3.8, 4) is 0 Å². The van der Waals surface area contributed by atoms with Crippen LogP contribution in [0.4, 0.5) is 0 Å². The molecule has 4 nitrogen and oxygen atoms in total. The number of likely N-dealkylation sites (N-methyl/N-ethyl adjacent to an activating group) is 1. The Bertz CT molecular complexity index is 739. The summed E-state index contributed by atoms with van der Waals surface area (Å²) < 4.78 is 5.70. The second-order valence-electron chi connectivity index (χ2n) is 7.96. The summed E-state index contributed by atoms with van der Waals surface area (Å²) in [6, 6.07) is 13.4. The van der Waals surface area contributed by atoms with Crippen molar-refractivity contribution in [2.24, 2.45) is 0 Å². The molecule has 2 aliphatic rings. The summed E-state index contributed by atoms with van der Waals surface area (Å²) in [6.07, 6.45) is 5.13. The average Bonchev–Trinajstić information content (AvgIpc) is 2.98. The van der Waals surface area contributed by atoms with Gasteiger partial charge < -0.3 is 4.74 Å². The van der Waals surface area contributed by atoms with Crippen LogP contribution in [0, 0.1) is 0 Å². The summed E-state index contributed by atoms with van der Waals surface area (Å²) in [5.74, 6) is 0. The van der Waals surface area contributed by atoms with Crippen molar-refractivity contribution in [1.82, 2.24) is 14.8 Å². The number of hydrogen-bond acceptors (Lipinski definition) is 4. The molecule has 1 spiro atoms. The number of rotatable bonds is 5. The van der Waals surface area contributed by atoms with Crippen LogP contribution in [-0.2, 0) is 11.3 Å². The highest BCUT2D eigenvalue weighted by Gasteiger charge is 2.45. The standard InChI is InChI=1S/C22H31N3O/c1-3-26-17-20-10-11-22(24(20)2)12-14-25(15-13-22)16-19-9-8-18-6-4-5-7-21(18)23-19/h4-9,20H,3,10-17H2,1-2H3/t20-/m1/s1. The fourth-order valence-electron chi connectivity index (χ4n) is 4.80. The average molecular weight is 354 g/mol. The van der Waals surface area contributed by atoms with E-state index in [2.05, 4.69) is 60.2 Å².